The van der Waals surface area contributed by atoms with Gasteiger partial charge in [0.15, 0.2) is 0 Å². The van der Waals surface area contributed by atoms with Crippen LogP contribution in [0.5, 0.6) is 0 Å². The van der Waals surface area contributed by atoms with Crippen LogP contribution in [0, 0.1) is 28.6 Å². The van der Waals surface area contributed by atoms with E-state index in [1.807, 2.05) is 0 Å². The van der Waals surface area contributed by atoms with Crippen LogP contribution in [0.15, 0.2) is 0 Å². The molecule has 25 heavy (non-hydrogen) atoms. The van der Waals surface area contributed by atoms with Crippen LogP contribution < -0.4 is 0 Å². The summed E-state index contributed by atoms with van der Waals surface area (Å²) in [5, 5.41) is 8.31. The number of rotatable bonds is 2. The molecule has 0 spiro atoms. The zero-order chi connectivity index (χ0) is 18.7. The summed E-state index contributed by atoms with van der Waals surface area (Å²) in [6.07, 6.45) is -5.53. The van der Waals surface area contributed by atoms with E-state index in [0.717, 1.165) is 0 Å². The van der Waals surface area contributed by atoms with Crippen LogP contribution in [0.1, 0.15) is 40.0 Å². The van der Waals surface area contributed by atoms with E-state index >= 15 is 0 Å². The normalized spacial score (nSPS) is 34.4. The third-order valence-electron chi connectivity index (χ3n) is 5.46. The Morgan fingerprint density at radius 1 is 1.20 bits per heavy atom. The quantitative estimate of drug-likeness (QED) is 0.770. The Bertz CT molecular complexity index is 611. The lowest BCUT2D eigenvalue weighted by Crippen LogP contribution is -2.54. The van der Waals surface area contributed by atoms with Gasteiger partial charge in [0.05, 0.1) is 11.5 Å². The van der Waals surface area contributed by atoms with Gasteiger partial charge in [-0.2, -0.15) is 13.2 Å². The number of piperidine rings is 1. The van der Waals surface area contributed by atoms with Crippen LogP contribution >= 0.6 is 0 Å². The number of alkyl halides is 3. The lowest BCUT2D eigenvalue weighted by molar-refractivity contribution is -0.173. The molecule has 0 aromatic rings. The molecule has 0 aromatic heterocycles. The predicted molar refractivity (Wildman–Crippen MR) is 82.9 cm³/mol. The Kier molecular flexibility index (Phi) is 4.15. The molecular formula is C17H23F3N2O3. The first-order valence-electron chi connectivity index (χ1n) is 8.54. The smallest absolute Gasteiger partial charge is 0.397 e. The lowest BCUT2D eigenvalue weighted by atomic mass is 9.76. The number of halogens is 3. The summed E-state index contributed by atoms with van der Waals surface area (Å²) >= 11 is 0. The number of nitrogens with zero attached hydrogens (tertiary/aromatic N) is 1. The minimum atomic E-state index is -4.57. The molecule has 0 radical (unpaired) electrons. The van der Waals surface area contributed by atoms with Crippen molar-refractivity contribution in [2.75, 3.05) is 6.54 Å². The molecule has 1 aliphatic heterocycles. The van der Waals surface area contributed by atoms with E-state index in [4.69, 9.17) is 10.1 Å². The second kappa shape index (κ2) is 5.71. The number of nitrogens with one attached hydrogen (secondary N) is 1. The molecule has 3 rings (SSSR count). The number of ether oxygens (including phenoxy) is 1. The van der Waals surface area contributed by atoms with Crippen LogP contribution in [0.2, 0.25) is 0 Å². The van der Waals surface area contributed by atoms with Crippen LogP contribution in [0.25, 0.3) is 0 Å². The summed E-state index contributed by atoms with van der Waals surface area (Å²) in [6.45, 7) is 5.35. The van der Waals surface area contributed by atoms with Gasteiger partial charge in [0, 0.05) is 24.1 Å². The van der Waals surface area contributed by atoms with Gasteiger partial charge in [-0.05, 0) is 39.5 Å². The van der Waals surface area contributed by atoms with Gasteiger partial charge in [0.1, 0.15) is 12.5 Å². The first kappa shape index (κ1) is 18.2. The van der Waals surface area contributed by atoms with Crippen molar-refractivity contribution in [2.24, 2.45) is 23.2 Å². The van der Waals surface area contributed by atoms with E-state index in [9.17, 15) is 22.8 Å². The molecule has 1 heterocycles. The Balaban J connectivity index is 1.88. The zero-order valence-corrected chi connectivity index (χ0v) is 14.5. The third kappa shape index (κ3) is 3.27. The molecule has 1 N–H and O–H groups in total. The van der Waals surface area contributed by atoms with Crippen LogP contribution in [-0.2, 0) is 14.3 Å². The monoisotopic (exact) mass is 360 g/mol. The average molecular weight is 360 g/mol. The number of hydrogen-bond acceptors (Lipinski definition) is 4. The van der Waals surface area contributed by atoms with Gasteiger partial charge in [0.25, 0.3) is 0 Å². The Morgan fingerprint density at radius 2 is 1.80 bits per heavy atom. The molecule has 8 heteroatoms. The van der Waals surface area contributed by atoms with Gasteiger partial charge >= 0.3 is 12.1 Å². The topological polar surface area (TPSA) is 70.5 Å². The molecule has 2 saturated carbocycles. The Hall–Kier alpha value is -1.60. The maximum atomic E-state index is 12.7. The van der Waals surface area contributed by atoms with Crippen molar-refractivity contribution in [2.45, 2.75) is 58.4 Å². The molecule has 5 nitrogen and oxygen atoms in total. The van der Waals surface area contributed by atoms with E-state index < -0.39 is 42.0 Å². The number of amides is 1. The number of esters is 1. The molecule has 5 atom stereocenters. The lowest BCUT2D eigenvalue weighted by Gasteiger charge is -2.42. The highest BCUT2D eigenvalue weighted by molar-refractivity contribution is 5.93. The van der Waals surface area contributed by atoms with E-state index in [2.05, 4.69) is 0 Å². The Labute approximate surface area is 144 Å². The second-order valence-corrected chi connectivity index (χ2v) is 8.45. The largest absolute Gasteiger partial charge is 0.459 e. The molecule has 2 aliphatic carbocycles. The summed E-state index contributed by atoms with van der Waals surface area (Å²) in [4.78, 5) is 25.8. The molecule has 3 fully saturated rings. The molecule has 2 unspecified atom stereocenters. The van der Waals surface area contributed by atoms with Gasteiger partial charge < -0.3 is 15.0 Å². The third-order valence-corrected chi connectivity index (χ3v) is 5.46. The highest BCUT2D eigenvalue weighted by Crippen LogP contribution is 2.50. The van der Waals surface area contributed by atoms with Crippen molar-refractivity contribution in [3.05, 3.63) is 0 Å². The molecule has 1 saturated heterocycles. The minimum absolute atomic E-state index is 0.0656. The zero-order valence-electron chi connectivity index (χ0n) is 14.5. The summed E-state index contributed by atoms with van der Waals surface area (Å²) in [6, 6.07) is -0.641. The second-order valence-electron chi connectivity index (χ2n) is 8.45. The first-order valence-corrected chi connectivity index (χ1v) is 8.54. The van der Waals surface area contributed by atoms with Crippen molar-refractivity contribution in [1.82, 2.24) is 4.90 Å². The van der Waals surface area contributed by atoms with Gasteiger partial charge in [-0.25, -0.2) is 0 Å². The SMILES string of the molecule is CC(C)(C)C(=O)O[C@@H]1C2[C@H]3CC(C[C@@H]1C3=N)CN2C(=O)CC(F)(F)F. The number of carbonyl (C=O) groups excluding carboxylic acids is 2. The Morgan fingerprint density at radius 3 is 2.36 bits per heavy atom. The predicted octanol–water partition coefficient (Wildman–Crippen LogP) is 2.78. The molecule has 140 valence electrons. The molecule has 3 aliphatic rings. The van der Waals surface area contributed by atoms with Crippen molar-refractivity contribution < 1.29 is 27.5 Å². The van der Waals surface area contributed by atoms with Gasteiger partial charge in [-0.1, -0.05) is 0 Å². The van der Waals surface area contributed by atoms with Crippen LogP contribution in [0.3, 0.4) is 0 Å². The fraction of sp³-hybridized carbons (Fsp3) is 0.824. The van der Waals surface area contributed by atoms with E-state index in [1.165, 1.54) is 4.90 Å². The maximum absolute atomic E-state index is 12.7. The van der Waals surface area contributed by atoms with Gasteiger partial charge in [-0.3, -0.25) is 9.59 Å². The van der Waals surface area contributed by atoms with Crippen molar-refractivity contribution in [3.63, 3.8) is 0 Å². The van der Waals surface area contributed by atoms with Gasteiger partial charge in [0.2, 0.25) is 5.91 Å². The summed E-state index contributed by atoms with van der Waals surface area (Å²) in [5.74, 6) is -1.96. The van der Waals surface area contributed by atoms with Gasteiger partial charge in [-0.15, -0.1) is 0 Å². The molecular weight excluding hydrogens is 337 g/mol. The standard InChI is InChI=1S/C17H23F3N2O3/c1-16(2,3)15(24)25-14-10-5-8-4-9(12(10)21)13(14)22(7-8)11(23)6-17(18,19)20/h8-10,13-14,21H,4-7H2,1-3H3/t8?,9-,10+,13?,14-/m0/s1. The number of hydrogen-bond donors (Lipinski definition) is 1. The molecule has 3 bridgehead atoms. The highest BCUT2D eigenvalue weighted by Gasteiger charge is 2.60. The fourth-order valence-electron chi connectivity index (χ4n) is 4.38. The van der Waals surface area contributed by atoms with E-state index in [0.29, 0.717) is 18.6 Å². The fourth-order valence-corrected chi connectivity index (χ4v) is 4.38. The highest BCUT2D eigenvalue weighted by atomic mass is 19.4. The van der Waals surface area contributed by atoms with Crippen LogP contribution in [0.4, 0.5) is 13.2 Å². The first-order chi connectivity index (χ1) is 11.4. The van der Waals surface area contributed by atoms with E-state index in [1.54, 1.807) is 20.8 Å². The number of likely N-dealkylation sites (tertiary alicyclic amines) is 1. The summed E-state index contributed by atoms with van der Waals surface area (Å²) in [7, 11) is 0. The van der Waals surface area contributed by atoms with Crippen LogP contribution in [-0.4, -0.2) is 47.4 Å². The van der Waals surface area contributed by atoms with Crippen molar-refractivity contribution in [1.29, 1.82) is 5.41 Å². The van der Waals surface area contributed by atoms with E-state index in [-0.39, 0.29) is 24.3 Å². The number of carbonyl (C=O) groups is 2. The van der Waals surface area contributed by atoms with Crippen molar-refractivity contribution >= 4 is 17.6 Å². The molecule has 0 aromatic carbocycles. The number of fused-ring (bicyclic) bond motifs is 2. The maximum Gasteiger partial charge on any atom is 0.397 e. The average Bonchev–Trinajstić information content (AvgIpc) is 2.60. The summed E-state index contributed by atoms with van der Waals surface area (Å²) < 4.78 is 43.7. The minimum Gasteiger partial charge on any atom is -0.459 e. The molecule has 1 amide bonds. The summed E-state index contributed by atoms with van der Waals surface area (Å²) in [5.41, 5.74) is -0.338. The van der Waals surface area contributed by atoms with Crippen molar-refractivity contribution in [3.8, 4) is 0 Å².